The molecule has 9 nitrogen and oxygen atoms in total. The van der Waals surface area contributed by atoms with Crippen molar-refractivity contribution in [2.75, 3.05) is 32.0 Å². The van der Waals surface area contributed by atoms with Crippen LogP contribution in [0.4, 0.5) is 5.69 Å². The standard InChI is InChI=1S/C21H25N7O2/c1-26-8-4-7-22-21(30)19-18(14-27(2)25-19)24-20(29)16-6-3-5-15(11-16)17-12-23-28(13-17)10-9-26/h3,5-6,11-14H,4,7-10H2,1-2H3,(H,22,30)(H,24,29). The van der Waals surface area contributed by atoms with E-state index in [0.717, 1.165) is 37.2 Å². The molecular formula is C21H25N7O2. The van der Waals surface area contributed by atoms with E-state index in [1.165, 1.54) is 4.68 Å². The van der Waals surface area contributed by atoms with Crippen molar-refractivity contribution in [2.24, 2.45) is 7.05 Å². The van der Waals surface area contributed by atoms with Gasteiger partial charge in [-0.3, -0.25) is 19.0 Å². The van der Waals surface area contributed by atoms with Gasteiger partial charge in [-0.1, -0.05) is 12.1 Å². The molecule has 2 N–H and O–H groups in total. The Morgan fingerprint density at radius 3 is 2.67 bits per heavy atom. The number of likely N-dealkylation sites (N-methyl/N-ethyl adjacent to an activating group) is 1. The van der Waals surface area contributed by atoms with Crippen molar-refractivity contribution < 1.29 is 9.59 Å². The number of hydrogen-bond donors (Lipinski definition) is 2. The Labute approximate surface area is 174 Å². The van der Waals surface area contributed by atoms with Crippen LogP contribution in [0.15, 0.2) is 42.9 Å². The number of amides is 2. The predicted molar refractivity (Wildman–Crippen MR) is 113 cm³/mol. The van der Waals surface area contributed by atoms with Gasteiger partial charge in [-0.15, -0.1) is 0 Å². The van der Waals surface area contributed by atoms with Crippen LogP contribution in [0.2, 0.25) is 0 Å². The van der Waals surface area contributed by atoms with Gasteiger partial charge in [-0.2, -0.15) is 10.2 Å². The molecule has 0 saturated heterocycles. The van der Waals surface area contributed by atoms with Crippen molar-refractivity contribution in [3.63, 3.8) is 0 Å². The molecule has 2 aromatic heterocycles. The van der Waals surface area contributed by atoms with Gasteiger partial charge < -0.3 is 15.5 Å². The monoisotopic (exact) mass is 407 g/mol. The number of aromatic nitrogens is 4. The summed E-state index contributed by atoms with van der Waals surface area (Å²) in [4.78, 5) is 27.6. The topological polar surface area (TPSA) is 97.1 Å². The van der Waals surface area contributed by atoms with Crippen LogP contribution in [0.1, 0.15) is 27.3 Å². The molecule has 3 aromatic rings. The lowest BCUT2D eigenvalue weighted by Crippen LogP contribution is -2.30. The smallest absolute Gasteiger partial charge is 0.273 e. The first-order valence-electron chi connectivity index (χ1n) is 9.94. The summed E-state index contributed by atoms with van der Waals surface area (Å²) in [5.74, 6) is -0.597. The van der Waals surface area contributed by atoms with Crippen LogP contribution in [0.3, 0.4) is 0 Å². The minimum absolute atomic E-state index is 0.206. The Morgan fingerprint density at radius 1 is 0.967 bits per heavy atom. The average Bonchev–Trinajstić information content (AvgIpc) is 3.35. The number of fused-ring (bicyclic) bond motifs is 6. The first-order chi connectivity index (χ1) is 14.5. The molecular weight excluding hydrogens is 382 g/mol. The van der Waals surface area contributed by atoms with E-state index < -0.39 is 0 Å². The Kier molecular flexibility index (Phi) is 5.62. The second kappa shape index (κ2) is 8.50. The Morgan fingerprint density at radius 2 is 1.80 bits per heavy atom. The summed E-state index contributed by atoms with van der Waals surface area (Å²) in [6, 6.07) is 7.35. The van der Waals surface area contributed by atoms with Crippen molar-refractivity contribution in [3.05, 3.63) is 54.1 Å². The molecule has 4 rings (SSSR count). The zero-order valence-corrected chi connectivity index (χ0v) is 17.1. The number of nitrogens with one attached hydrogen (secondary N) is 2. The molecule has 0 radical (unpaired) electrons. The highest BCUT2D eigenvalue weighted by Gasteiger charge is 2.19. The molecule has 1 aromatic carbocycles. The number of nitrogens with zero attached hydrogens (tertiary/aromatic N) is 5. The van der Waals surface area contributed by atoms with E-state index in [1.54, 1.807) is 19.3 Å². The molecule has 0 fully saturated rings. The van der Waals surface area contributed by atoms with Gasteiger partial charge in [0.2, 0.25) is 0 Å². The second-order valence-electron chi connectivity index (χ2n) is 7.50. The van der Waals surface area contributed by atoms with Crippen LogP contribution >= 0.6 is 0 Å². The number of anilines is 1. The molecule has 4 bridgehead atoms. The fourth-order valence-corrected chi connectivity index (χ4v) is 3.44. The highest BCUT2D eigenvalue weighted by atomic mass is 16.2. The Bertz CT molecular complexity index is 1070. The van der Waals surface area contributed by atoms with Gasteiger partial charge in [-0.25, -0.2) is 0 Å². The summed E-state index contributed by atoms with van der Waals surface area (Å²) in [7, 11) is 3.77. The fraction of sp³-hybridized carbons (Fsp3) is 0.333. The zero-order valence-electron chi connectivity index (χ0n) is 17.1. The molecule has 0 unspecified atom stereocenters. The fourth-order valence-electron chi connectivity index (χ4n) is 3.44. The highest BCUT2D eigenvalue weighted by Crippen LogP contribution is 2.21. The molecule has 0 saturated carbocycles. The quantitative estimate of drug-likeness (QED) is 0.590. The number of aryl methyl sites for hydroxylation is 1. The summed E-state index contributed by atoms with van der Waals surface area (Å²) < 4.78 is 3.43. The number of rotatable bonds is 0. The minimum atomic E-state index is -0.300. The molecule has 0 aliphatic carbocycles. The minimum Gasteiger partial charge on any atom is -0.351 e. The lowest BCUT2D eigenvalue weighted by Gasteiger charge is -2.16. The lowest BCUT2D eigenvalue weighted by atomic mass is 10.1. The maximum atomic E-state index is 12.8. The molecule has 1 aliphatic rings. The number of hydrogen-bond acceptors (Lipinski definition) is 5. The third kappa shape index (κ3) is 4.41. The van der Waals surface area contributed by atoms with Gasteiger partial charge in [-0.05, 0) is 37.7 Å². The number of carbonyl (C=O) groups is 2. The SMILES string of the molecule is CN1CCCNC(=O)c2nn(C)cc2NC(=O)c2cccc(c2)-c2cnn(c2)CC1. The van der Waals surface area contributed by atoms with Gasteiger partial charge in [0, 0.05) is 43.7 Å². The molecule has 0 atom stereocenters. The van der Waals surface area contributed by atoms with Crippen molar-refractivity contribution in [2.45, 2.75) is 13.0 Å². The van der Waals surface area contributed by atoms with Crippen LogP contribution in [0, 0.1) is 0 Å². The van der Waals surface area contributed by atoms with Gasteiger partial charge in [0.25, 0.3) is 11.8 Å². The van der Waals surface area contributed by atoms with Crippen molar-refractivity contribution in [1.82, 2.24) is 29.8 Å². The summed E-state index contributed by atoms with van der Waals surface area (Å²) in [6.07, 6.45) is 6.25. The van der Waals surface area contributed by atoms with Crippen molar-refractivity contribution >= 4 is 17.5 Å². The molecule has 156 valence electrons. The van der Waals surface area contributed by atoms with Gasteiger partial charge >= 0.3 is 0 Å². The summed E-state index contributed by atoms with van der Waals surface area (Å²) in [6.45, 7) is 2.99. The predicted octanol–water partition coefficient (Wildman–Crippen LogP) is 1.60. The molecule has 1 aliphatic heterocycles. The first-order valence-corrected chi connectivity index (χ1v) is 9.94. The third-order valence-corrected chi connectivity index (χ3v) is 5.10. The first kappa shape index (κ1) is 19.8. The van der Waals surface area contributed by atoms with Gasteiger partial charge in [0.15, 0.2) is 5.69 Å². The van der Waals surface area contributed by atoms with E-state index >= 15 is 0 Å². The maximum Gasteiger partial charge on any atom is 0.273 e. The molecule has 3 heterocycles. The van der Waals surface area contributed by atoms with Crippen LogP contribution in [-0.4, -0.2) is 63.0 Å². The molecule has 2 amide bonds. The van der Waals surface area contributed by atoms with E-state index in [-0.39, 0.29) is 17.5 Å². The van der Waals surface area contributed by atoms with Crippen molar-refractivity contribution in [3.8, 4) is 11.1 Å². The van der Waals surface area contributed by atoms with E-state index in [0.29, 0.717) is 17.8 Å². The highest BCUT2D eigenvalue weighted by molar-refractivity contribution is 6.08. The normalized spacial score (nSPS) is 16.2. The second-order valence-corrected chi connectivity index (χ2v) is 7.50. The van der Waals surface area contributed by atoms with E-state index in [4.69, 9.17) is 0 Å². The van der Waals surface area contributed by atoms with E-state index in [1.807, 2.05) is 35.3 Å². The number of benzene rings is 1. The summed E-state index contributed by atoms with van der Waals surface area (Å²) in [5, 5.41) is 14.4. The molecule has 9 heteroatoms. The van der Waals surface area contributed by atoms with Gasteiger partial charge in [0.1, 0.15) is 0 Å². The van der Waals surface area contributed by atoms with Crippen LogP contribution in [0.5, 0.6) is 0 Å². The lowest BCUT2D eigenvalue weighted by molar-refractivity contribution is 0.0947. The van der Waals surface area contributed by atoms with E-state index in [9.17, 15) is 9.59 Å². The van der Waals surface area contributed by atoms with Crippen molar-refractivity contribution in [1.29, 1.82) is 0 Å². The zero-order chi connectivity index (χ0) is 21.1. The molecule has 30 heavy (non-hydrogen) atoms. The largest absolute Gasteiger partial charge is 0.351 e. The summed E-state index contributed by atoms with van der Waals surface area (Å²) >= 11 is 0. The Hall–Kier alpha value is -3.46. The number of carbonyl (C=O) groups excluding carboxylic acids is 2. The summed E-state index contributed by atoms with van der Waals surface area (Å²) in [5.41, 5.74) is 2.95. The van der Waals surface area contributed by atoms with E-state index in [2.05, 4.69) is 32.8 Å². The maximum absolute atomic E-state index is 12.8. The Balaban J connectivity index is 1.67. The third-order valence-electron chi connectivity index (χ3n) is 5.10. The van der Waals surface area contributed by atoms with Crippen LogP contribution in [0.25, 0.3) is 11.1 Å². The van der Waals surface area contributed by atoms with Gasteiger partial charge in [0.05, 0.1) is 18.4 Å². The molecule has 0 spiro atoms. The van der Waals surface area contributed by atoms with Crippen LogP contribution in [-0.2, 0) is 13.6 Å². The van der Waals surface area contributed by atoms with Crippen LogP contribution < -0.4 is 10.6 Å². The average molecular weight is 407 g/mol.